The van der Waals surface area contributed by atoms with Gasteiger partial charge in [0.1, 0.15) is 22.1 Å². The van der Waals surface area contributed by atoms with Crippen molar-refractivity contribution < 1.29 is 18.0 Å². The third-order valence-electron chi connectivity index (χ3n) is 5.42. The van der Waals surface area contributed by atoms with Crippen LogP contribution >= 0.6 is 11.8 Å². The number of imidazole rings is 1. The lowest BCUT2D eigenvalue weighted by molar-refractivity contribution is -0.137. The number of amides is 1. The first kappa shape index (κ1) is 21.7. The first-order valence-corrected chi connectivity index (χ1v) is 11.4. The van der Waals surface area contributed by atoms with Gasteiger partial charge < -0.3 is 9.88 Å². The average molecular weight is 476 g/mol. The number of aryl methyl sites for hydroxylation is 2. The Bertz CT molecular complexity index is 1400. The number of halogens is 3. The zero-order valence-electron chi connectivity index (χ0n) is 18.1. The Morgan fingerprint density at radius 2 is 2.00 bits per heavy atom. The van der Waals surface area contributed by atoms with Gasteiger partial charge in [0.2, 0.25) is 0 Å². The smallest absolute Gasteiger partial charge is 0.348 e. The molecule has 0 aromatic carbocycles. The van der Waals surface area contributed by atoms with E-state index in [1.807, 2.05) is 13.8 Å². The summed E-state index contributed by atoms with van der Waals surface area (Å²) in [6.45, 7) is 3.80. The van der Waals surface area contributed by atoms with Crippen LogP contribution in [0.5, 0.6) is 0 Å². The van der Waals surface area contributed by atoms with E-state index < -0.39 is 11.7 Å². The Kier molecular flexibility index (Phi) is 5.07. The largest absolute Gasteiger partial charge is 0.417 e. The molecule has 4 aromatic heterocycles. The van der Waals surface area contributed by atoms with Gasteiger partial charge in [0, 0.05) is 25.0 Å². The molecule has 0 radical (unpaired) electrons. The number of alkyl halides is 3. The number of aromatic nitrogens is 6. The lowest BCUT2D eigenvalue weighted by Gasteiger charge is -2.07. The molecule has 1 saturated carbocycles. The Balaban J connectivity index is 1.72. The number of nitrogens with one attached hydrogen (secondary N) is 1. The summed E-state index contributed by atoms with van der Waals surface area (Å²) in [5.74, 6) is 0.835. The van der Waals surface area contributed by atoms with Crippen molar-refractivity contribution in [1.29, 1.82) is 0 Å². The Morgan fingerprint density at radius 3 is 2.67 bits per heavy atom. The van der Waals surface area contributed by atoms with E-state index in [9.17, 15) is 18.0 Å². The molecule has 4 heterocycles. The molecule has 12 heteroatoms. The lowest BCUT2D eigenvalue weighted by Crippen LogP contribution is -2.26. The highest BCUT2D eigenvalue weighted by atomic mass is 32.2. The molecular weight excluding hydrogens is 455 g/mol. The highest BCUT2D eigenvalue weighted by Gasteiger charge is 2.32. The molecule has 0 spiro atoms. The number of hydrogen-bond acceptors (Lipinski definition) is 6. The predicted octanol–water partition coefficient (Wildman–Crippen LogP) is 4.01. The quantitative estimate of drug-likeness (QED) is 0.439. The Hall–Kier alpha value is -3.15. The van der Waals surface area contributed by atoms with E-state index in [1.165, 1.54) is 11.8 Å². The topological polar surface area (TPSA) is 90.0 Å². The molecule has 5 rings (SSSR count). The van der Waals surface area contributed by atoms with E-state index in [2.05, 4.69) is 25.4 Å². The van der Waals surface area contributed by atoms with Crippen LogP contribution in [0, 0.1) is 6.92 Å². The molecule has 33 heavy (non-hydrogen) atoms. The second-order valence-electron chi connectivity index (χ2n) is 7.94. The molecule has 1 N–H and O–H groups in total. The second kappa shape index (κ2) is 7.72. The average Bonchev–Trinajstić information content (AvgIpc) is 3.41. The molecule has 0 aliphatic heterocycles. The molecule has 8 nitrogen and oxygen atoms in total. The van der Waals surface area contributed by atoms with Gasteiger partial charge in [-0.3, -0.25) is 4.79 Å². The number of carbonyl (C=O) groups is 1. The third kappa shape index (κ3) is 3.81. The van der Waals surface area contributed by atoms with E-state index in [-0.39, 0.29) is 23.2 Å². The van der Waals surface area contributed by atoms with Crippen LogP contribution in [0.4, 0.5) is 13.2 Å². The molecule has 4 aromatic rings. The highest BCUT2D eigenvalue weighted by Crippen LogP contribution is 2.36. The van der Waals surface area contributed by atoms with Crippen molar-refractivity contribution in [2.75, 3.05) is 5.75 Å². The van der Waals surface area contributed by atoms with Crippen LogP contribution in [-0.2, 0) is 13.2 Å². The van der Waals surface area contributed by atoms with Crippen molar-refractivity contribution in [2.45, 2.75) is 43.9 Å². The van der Waals surface area contributed by atoms with Crippen LogP contribution in [0.15, 0.2) is 23.4 Å². The number of pyridine rings is 1. The summed E-state index contributed by atoms with van der Waals surface area (Å²) in [6, 6.07) is 2.84. The van der Waals surface area contributed by atoms with Crippen molar-refractivity contribution in [3.8, 4) is 11.4 Å². The van der Waals surface area contributed by atoms with E-state index in [4.69, 9.17) is 0 Å². The standard InChI is InChI=1S/C21H20F3N7OS/c1-4-33-20-15(17-27-13-8-11(21(22,23)24)9-25-16(13)30(17)3)18-28-14(7-10(2)31(18)29-20)19(32)26-12-5-6-12/h7-9,12H,4-6H2,1-3H3,(H,26,32). The molecule has 0 atom stereocenters. The summed E-state index contributed by atoms with van der Waals surface area (Å²) in [5.41, 5.74) is 1.51. The minimum atomic E-state index is -4.52. The zero-order chi connectivity index (χ0) is 23.5. The third-order valence-corrected chi connectivity index (χ3v) is 6.27. The molecule has 1 aliphatic carbocycles. The summed E-state index contributed by atoms with van der Waals surface area (Å²) in [5, 5.41) is 8.21. The number of carbonyl (C=O) groups excluding carboxylic acids is 1. The maximum absolute atomic E-state index is 13.2. The Labute approximate surface area is 190 Å². The van der Waals surface area contributed by atoms with Crippen LogP contribution in [0.25, 0.3) is 28.2 Å². The van der Waals surface area contributed by atoms with E-state index in [0.717, 1.165) is 25.1 Å². The van der Waals surface area contributed by atoms with Crippen LogP contribution in [-0.4, -0.2) is 46.8 Å². The zero-order valence-corrected chi connectivity index (χ0v) is 18.9. The molecule has 1 fully saturated rings. The second-order valence-corrected chi connectivity index (χ2v) is 9.19. The number of fused-ring (bicyclic) bond motifs is 2. The molecule has 1 aliphatic rings. The fraction of sp³-hybridized carbons (Fsp3) is 0.381. The van der Waals surface area contributed by atoms with Crippen molar-refractivity contribution in [1.82, 2.24) is 34.4 Å². The minimum Gasteiger partial charge on any atom is -0.348 e. The number of thioether (sulfide) groups is 1. The van der Waals surface area contributed by atoms with E-state index >= 15 is 0 Å². The van der Waals surface area contributed by atoms with Gasteiger partial charge in [0.25, 0.3) is 5.91 Å². The van der Waals surface area contributed by atoms with Gasteiger partial charge in [-0.15, -0.1) is 11.8 Å². The van der Waals surface area contributed by atoms with Crippen molar-refractivity contribution in [2.24, 2.45) is 7.05 Å². The van der Waals surface area contributed by atoms with Gasteiger partial charge in [0.15, 0.2) is 11.3 Å². The van der Waals surface area contributed by atoms with Gasteiger partial charge >= 0.3 is 6.18 Å². The van der Waals surface area contributed by atoms with Crippen LogP contribution in [0.3, 0.4) is 0 Å². The Morgan fingerprint density at radius 1 is 1.24 bits per heavy atom. The number of hydrogen-bond donors (Lipinski definition) is 1. The monoisotopic (exact) mass is 475 g/mol. The SMILES string of the molecule is CCSc1nn2c(C)cc(C(=O)NC3CC3)nc2c1-c1nc2cc(C(F)(F)F)cnc2n1C. The van der Waals surface area contributed by atoms with Crippen LogP contribution in [0.1, 0.15) is 41.5 Å². The van der Waals surface area contributed by atoms with Gasteiger partial charge in [-0.25, -0.2) is 19.5 Å². The van der Waals surface area contributed by atoms with Crippen LogP contribution < -0.4 is 5.32 Å². The maximum atomic E-state index is 13.2. The maximum Gasteiger partial charge on any atom is 0.417 e. The highest BCUT2D eigenvalue weighted by molar-refractivity contribution is 7.99. The first-order valence-electron chi connectivity index (χ1n) is 10.4. The molecule has 1 amide bonds. The molecular formula is C21H20F3N7OS. The summed E-state index contributed by atoms with van der Waals surface area (Å²) >= 11 is 1.47. The molecule has 0 unspecified atom stereocenters. The van der Waals surface area contributed by atoms with E-state index in [1.54, 1.807) is 22.2 Å². The van der Waals surface area contributed by atoms with Crippen LogP contribution in [0.2, 0.25) is 0 Å². The summed E-state index contributed by atoms with van der Waals surface area (Å²) in [4.78, 5) is 25.7. The van der Waals surface area contributed by atoms with Gasteiger partial charge in [-0.1, -0.05) is 6.92 Å². The normalized spacial score (nSPS) is 14.4. The number of nitrogens with zero attached hydrogens (tertiary/aromatic N) is 6. The predicted molar refractivity (Wildman–Crippen MR) is 117 cm³/mol. The molecule has 0 bridgehead atoms. The van der Waals surface area contributed by atoms with Gasteiger partial charge in [0.05, 0.1) is 11.1 Å². The van der Waals surface area contributed by atoms with Crippen molar-refractivity contribution in [3.05, 3.63) is 35.3 Å². The first-order chi connectivity index (χ1) is 15.7. The minimum absolute atomic E-state index is 0.119. The lowest BCUT2D eigenvalue weighted by atomic mass is 10.2. The van der Waals surface area contributed by atoms with Gasteiger partial charge in [-0.05, 0) is 37.7 Å². The van der Waals surface area contributed by atoms with Gasteiger partial charge in [-0.2, -0.15) is 18.3 Å². The fourth-order valence-corrected chi connectivity index (χ4v) is 4.38. The van der Waals surface area contributed by atoms with Crippen molar-refractivity contribution >= 4 is 34.5 Å². The fourth-order valence-electron chi connectivity index (χ4n) is 3.64. The summed E-state index contributed by atoms with van der Waals surface area (Å²) < 4.78 is 42.8. The molecule has 172 valence electrons. The molecule has 0 saturated heterocycles. The van der Waals surface area contributed by atoms with E-state index in [0.29, 0.717) is 39.2 Å². The summed E-state index contributed by atoms with van der Waals surface area (Å²) in [7, 11) is 1.69. The van der Waals surface area contributed by atoms with Crippen molar-refractivity contribution in [3.63, 3.8) is 0 Å². The number of rotatable bonds is 5. The summed E-state index contributed by atoms with van der Waals surface area (Å²) in [6.07, 6.45) is -1.81.